The number of nitrogens with zero attached hydrogens (tertiary/aromatic N) is 3. The van der Waals surface area contributed by atoms with Gasteiger partial charge in [0.05, 0.1) is 17.5 Å². The largest absolute Gasteiger partial charge is 0.448 e. The summed E-state index contributed by atoms with van der Waals surface area (Å²) in [4.78, 5) is 31.4. The van der Waals surface area contributed by atoms with Crippen molar-refractivity contribution in [1.82, 2.24) is 19.9 Å². The van der Waals surface area contributed by atoms with Gasteiger partial charge in [0.2, 0.25) is 0 Å². The quantitative estimate of drug-likeness (QED) is 0.550. The second kappa shape index (κ2) is 8.13. The molecule has 152 valence electrons. The smallest absolute Gasteiger partial charge is 0.404 e. The van der Waals surface area contributed by atoms with Crippen LogP contribution in [0.1, 0.15) is 34.3 Å². The van der Waals surface area contributed by atoms with Crippen LogP contribution in [0.25, 0.3) is 11.0 Å². The molecule has 0 aliphatic heterocycles. The zero-order valence-corrected chi connectivity index (χ0v) is 16.1. The van der Waals surface area contributed by atoms with E-state index in [0.29, 0.717) is 46.1 Å². The lowest BCUT2D eigenvalue weighted by molar-refractivity contribution is 0.0951. The summed E-state index contributed by atoms with van der Waals surface area (Å²) in [5.41, 5.74) is 13.5. The molecule has 2 heterocycles. The number of hydrogen-bond acceptors (Lipinski definition) is 6. The van der Waals surface area contributed by atoms with Crippen molar-refractivity contribution in [3.63, 3.8) is 0 Å². The fourth-order valence-electron chi connectivity index (χ4n) is 3.03. The van der Waals surface area contributed by atoms with Gasteiger partial charge in [0, 0.05) is 23.4 Å². The van der Waals surface area contributed by atoms with E-state index >= 15 is 0 Å². The van der Waals surface area contributed by atoms with E-state index in [0.717, 1.165) is 12.8 Å². The highest BCUT2D eigenvalue weighted by Crippen LogP contribution is 2.23. The molecule has 1 aromatic carbocycles. The van der Waals surface area contributed by atoms with Crippen LogP contribution in [0.4, 0.5) is 10.6 Å². The Morgan fingerprint density at radius 3 is 2.87 bits per heavy atom. The molecule has 1 fully saturated rings. The number of nitrogens with one attached hydrogen (secondary N) is 1. The van der Waals surface area contributed by atoms with Crippen LogP contribution in [0.3, 0.4) is 0 Å². The summed E-state index contributed by atoms with van der Waals surface area (Å²) in [6.45, 7) is 0.433. The van der Waals surface area contributed by atoms with Gasteiger partial charge in [0.1, 0.15) is 24.4 Å². The van der Waals surface area contributed by atoms with E-state index in [1.807, 2.05) is 6.07 Å². The lowest BCUT2D eigenvalue weighted by atomic mass is 10.1. The number of aromatic nitrogens is 3. The van der Waals surface area contributed by atoms with Crippen LogP contribution in [0.15, 0.2) is 36.8 Å². The van der Waals surface area contributed by atoms with Gasteiger partial charge in [-0.3, -0.25) is 4.79 Å². The maximum atomic E-state index is 12.3. The van der Waals surface area contributed by atoms with E-state index in [1.165, 1.54) is 6.33 Å². The highest BCUT2D eigenvalue weighted by Gasteiger charge is 2.23. The Bertz CT molecular complexity index is 1190. The first-order valence-corrected chi connectivity index (χ1v) is 9.46. The zero-order chi connectivity index (χ0) is 21.1. The van der Waals surface area contributed by atoms with E-state index in [1.54, 1.807) is 29.0 Å². The monoisotopic (exact) mass is 404 g/mol. The van der Waals surface area contributed by atoms with Gasteiger partial charge < -0.3 is 26.1 Å². The molecule has 0 atom stereocenters. The summed E-state index contributed by atoms with van der Waals surface area (Å²) >= 11 is 0. The van der Waals surface area contributed by atoms with Crippen LogP contribution < -0.4 is 16.8 Å². The minimum absolute atomic E-state index is 0.0913. The van der Waals surface area contributed by atoms with Crippen molar-refractivity contribution in [1.29, 1.82) is 0 Å². The number of hydrogen-bond donors (Lipinski definition) is 3. The number of carbonyl (C=O) groups is 2. The molecule has 0 bridgehead atoms. The average molecular weight is 404 g/mol. The molecule has 0 spiro atoms. The van der Waals surface area contributed by atoms with Crippen molar-refractivity contribution in [2.45, 2.75) is 25.4 Å². The minimum Gasteiger partial charge on any atom is -0.448 e. The van der Waals surface area contributed by atoms with Crippen molar-refractivity contribution < 1.29 is 14.3 Å². The van der Waals surface area contributed by atoms with Gasteiger partial charge in [-0.1, -0.05) is 17.9 Å². The summed E-state index contributed by atoms with van der Waals surface area (Å²) in [5.74, 6) is 6.37. The Hall–Kier alpha value is -4.06. The first-order valence-electron chi connectivity index (χ1n) is 9.46. The Balaban J connectivity index is 1.62. The number of amides is 2. The average Bonchev–Trinajstić information content (AvgIpc) is 3.47. The summed E-state index contributed by atoms with van der Waals surface area (Å²) < 4.78 is 6.58. The zero-order valence-electron chi connectivity index (χ0n) is 16.1. The molecule has 1 aliphatic carbocycles. The maximum Gasteiger partial charge on any atom is 0.404 e. The van der Waals surface area contributed by atoms with Gasteiger partial charge in [-0.05, 0) is 31.0 Å². The number of ether oxygens (including phenoxy) is 1. The van der Waals surface area contributed by atoms with Crippen molar-refractivity contribution in [3.8, 4) is 11.8 Å². The summed E-state index contributed by atoms with van der Waals surface area (Å²) in [7, 11) is 0. The summed E-state index contributed by atoms with van der Waals surface area (Å²) in [5, 5.41) is 3.58. The number of fused-ring (bicyclic) bond motifs is 1. The molecule has 5 N–H and O–H groups in total. The van der Waals surface area contributed by atoms with Gasteiger partial charge in [-0.2, -0.15) is 0 Å². The number of nitrogens with two attached hydrogens (primary N) is 2. The normalized spacial score (nSPS) is 12.8. The van der Waals surface area contributed by atoms with Gasteiger partial charge in [0.25, 0.3) is 5.91 Å². The van der Waals surface area contributed by atoms with Gasteiger partial charge in [-0.25, -0.2) is 14.8 Å². The number of anilines is 1. The molecule has 2 aromatic heterocycles. The first kappa shape index (κ1) is 19.3. The van der Waals surface area contributed by atoms with E-state index in [9.17, 15) is 9.59 Å². The maximum absolute atomic E-state index is 12.3. The van der Waals surface area contributed by atoms with Crippen molar-refractivity contribution in [3.05, 3.63) is 53.5 Å². The predicted molar refractivity (Wildman–Crippen MR) is 110 cm³/mol. The number of rotatable bonds is 5. The highest BCUT2D eigenvalue weighted by molar-refractivity contribution is 5.95. The molecular weight excluding hydrogens is 384 g/mol. The molecule has 4 rings (SSSR count). The van der Waals surface area contributed by atoms with Crippen molar-refractivity contribution >= 4 is 28.9 Å². The predicted octanol–water partition coefficient (Wildman–Crippen LogP) is 1.40. The van der Waals surface area contributed by atoms with E-state index in [-0.39, 0.29) is 12.5 Å². The van der Waals surface area contributed by atoms with E-state index in [2.05, 4.69) is 27.1 Å². The van der Waals surface area contributed by atoms with Crippen LogP contribution in [-0.4, -0.2) is 39.2 Å². The second-order valence-electron chi connectivity index (χ2n) is 6.94. The molecule has 1 aliphatic rings. The number of nitrogen functional groups attached to an aromatic ring is 1. The number of benzene rings is 1. The van der Waals surface area contributed by atoms with Gasteiger partial charge in [-0.15, -0.1) is 0 Å². The molecule has 3 aromatic rings. The lowest BCUT2D eigenvalue weighted by Gasteiger charge is -2.04. The highest BCUT2D eigenvalue weighted by atomic mass is 16.5. The van der Waals surface area contributed by atoms with Gasteiger partial charge >= 0.3 is 6.09 Å². The van der Waals surface area contributed by atoms with Crippen LogP contribution in [0.5, 0.6) is 0 Å². The molecule has 1 saturated carbocycles. The number of primary amides is 1. The molecule has 2 amide bonds. The van der Waals surface area contributed by atoms with Crippen LogP contribution in [0.2, 0.25) is 0 Å². The fraction of sp³-hybridized carbons (Fsp3) is 0.238. The van der Waals surface area contributed by atoms with E-state index < -0.39 is 6.09 Å². The second-order valence-corrected chi connectivity index (χ2v) is 6.94. The molecule has 0 unspecified atom stereocenters. The molecule has 0 saturated heterocycles. The van der Waals surface area contributed by atoms with Crippen molar-refractivity contribution in [2.24, 2.45) is 5.73 Å². The van der Waals surface area contributed by atoms with Crippen LogP contribution in [-0.2, 0) is 11.3 Å². The van der Waals surface area contributed by atoms with Gasteiger partial charge in [0.15, 0.2) is 0 Å². The third-order valence-corrected chi connectivity index (χ3v) is 4.64. The molecule has 0 radical (unpaired) electrons. The minimum atomic E-state index is -0.841. The SMILES string of the molecule is NC(=O)OCCn1cc(C#Cc2cccc(C(=O)NC3CC3)c2)c2c(N)ncnc21. The molecular formula is C21H20N6O3. The third kappa shape index (κ3) is 4.33. The van der Waals surface area contributed by atoms with Crippen LogP contribution in [0, 0.1) is 11.8 Å². The Kier molecular flexibility index (Phi) is 5.22. The summed E-state index contributed by atoms with van der Waals surface area (Å²) in [6.07, 6.45) is 4.36. The Morgan fingerprint density at radius 2 is 2.10 bits per heavy atom. The Morgan fingerprint density at radius 1 is 1.27 bits per heavy atom. The number of carbonyl (C=O) groups excluding carboxylic acids is 2. The summed E-state index contributed by atoms with van der Waals surface area (Å²) in [6, 6.07) is 7.44. The standard InChI is InChI=1S/C21H20N6O3/c22-18-17-15(11-27(8-9-30-21(23)29)19(17)25-12-24-18)5-4-13-2-1-3-14(10-13)20(28)26-16-6-7-16/h1-3,10-12,16H,6-9H2,(H2,23,29)(H,26,28)(H2,22,24,25). The first-order chi connectivity index (χ1) is 14.5. The Labute approximate surface area is 172 Å². The molecule has 30 heavy (non-hydrogen) atoms. The van der Waals surface area contributed by atoms with Crippen molar-refractivity contribution in [2.75, 3.05) is 12.3 Å². The van der Waals surface area contributed by atoms with Crippen LogP contribution >= 0.6 is 0 Å². The topological polar surface area (TPSA) is 138 Å². The fourth-order valence-corrected chi connectivity index (χ4v) is 3.03. The molecule has 9 nitrogen and oxygen atoms in total. The van der Waals surface area contributed by atoms with E-state index in [4.69, 9.17) is 16.2 Å². The lowest BCUT2D eigenvalue weighted by Crippen LogP contribution is -2.25. The molecule has 9 heteroatoms. The third-order valence-electron chi connectivity index (χ3n) is 4.64.